The molecule has 2 N–H and O–H groups in total. The molecule has 0 aliphatic carbocycles. The highest BCUT2D eigenvalue weighted by molar-refractivity contribution is 7.89. The largest absolute Gasteiger partial charge is 0.417 e. The predicted octanol–water partition coefficient (Wildman–Crippen LogP) is 3.40. The summed E-state index contributed by atoms with van der Waals surface area (Å²) in [5.74, 6) is 0.260. The van der Waals surface area contributed by atoms with Crippen molar-refractivity contribution >= 4 is 20.9 Å². The van der Waals surface area contributed by atoms with E-state index in [2.05, 4.69) is 9.97 Å². The molecule has 0 aliphatic rings. The Balaban J connectivity index is 2.02. The fourth-order valence-corrected chi connectivity index (χ4v) is 3.96. The molecule has 3 heterocycles. The minimum atomic E-state index is -4.50. The Morgan fingerprint density at radius 2 is 1.83 bits per heavy atom. The molecule has 7 nitrogen and oxygen atoms in total. The maximum Gasteiger partial charge on any atom is 0.417 e. The van der Waals surface area contributed by atoms with Gasteiger partial charge in [-0.15, -0.1) is 0 Å². The molecular formula is C19H16F3N5O2S. The van der Waals surface area contributed by atoms with Crippen LogP contribution in [0.3, 0.4) is 0 Å². The summed E-state index contributed by atoms with van der Waals surface area (Å²) in [6.07, 6.45) is -0.379. The van der Waals surface area contributed by atoms with Crippen LogP contribution in [0.5, 0.6) is 0 Å². The zero-order chi connectivity index (χ0) is 21.8. The Bertz CT molecular complexity index is 1370. The van der Waals surface area contributed by atoms with Gasteiger partial charge in [-0.25, -0.2) is 23.5 Å². The summed E-state index contributed by atoms with van der Waals surface area (Å²) in [6.45, 7) is 1.76. The second-order valence-corrected chi connectivity index (χ2v) is 8.41. The molecule has 4 aromatic rings. The van der Waals surface area contributed by atoms with Crippen LogP contribution in [-0.2, 0) is 23.2 Å². The van der Waals surface area contributed by atoms with E-state index in [1.165, 1.54) is 18.2 Å². The number of aromatic nitrogens is 4. The number of sulfonamides is 1. The number of alkyl halides is 3. The van der Waals surface area contributed by atoms with Gasteiger partial charge in [-0.1, -0.05) is 0 Å². The van der Waals surface area contributed by atoms with Crippen molar-refractivity contribution in [3.63, 3.8) is 0 Å². The van der Waals surface area contributed by atoms with Crippen molar-refractivity contribution in [3.8, 4) is 17.1 Å². The van der Waals surface area contributed by atoms with Crippen molar-refractivity contribution in [1.29, 1.82) is 0 Å². The summed E-state index contributed by atoms with van der Waals surface area (Å²) < 4.78 is 65.8. The van der Waals surface area contributed by atoms with E-state index in [-0.39, 0.29) is 10.7 Å². The van der Waals surface area contributed by atoms with E-state index in [9.17, 15) is 21.6 Å². The van der Waals surface area contributed by atoms with Gasteiger partial charge < -0.3 is 4.57 Å². The number of nitrogens with two attached hydrogens (primary N) is 1. The van der Waals surface area contributed by atoms with Crippen LogP contribution in [0.2, 0.25) is 0 Å². The lowest BCUT2D eigenvalue weighted by Gasteiger charge is -2.10. The third-order valence-electron chi connectivity index (χ3n) is 4.77. The van der Waals surface area contributed by atoms with Crippen LogP contribution < -0.4 is 5.14 Å². The minimum absolute atomic E-state index is 0.0790. The molecule has 0 amide bonds. The fraction of sp³-hybridized carbons (Fsp3) is 0.158. The topological polar surface area (TPSA) is 95.8 Å². The number of rotatable bonds is 3. The van der Waals surface area contributed by atoms with Gasteiger partial charge in [0.15, 0.2) is 0 Å². The van der Waals surface area contributed by atoms with Crippen molar-refractivity contribution < 1.29 is 21.6 Å². The SMILES string of the molecule is Cc1c(-c2cn(C)cn2)c2cc(S(N)(=O)=O)ccc2n1-c1ccc(C(F)(F)F)cn1. The van der Waals surface area contributed by atoms with E-state index >= 15 is 0 Å². The van der Waals surface area contributed by atoms with Crippen LogP contribution in [-0.4, -0.2) is 27.5 Å². The molecule has 1 aromatic carbocycles. The first-order valence-electron chi connectivity index (χ1n) is 8.66. The lowest BCUT2D eigenvalue weighted by atomic mass is 10.1. The highest BCUT2D eigenvalue weighted by atomic mass is 32.2. The second-order valence-electron chi connectivity index (χ2n) is 6.85. The molecule has 0 fully saturated rings. The molecule has 3 aromatic heterocycles. The first kappa shape index (κ1) is 20.1. The van der Waals surface area contributed by atoms with Crippen LogP contribution in [0.15, 0.2) is 53.9 Å². The van der Waals surface area contributed by atoms with E-state index in [1.807, 2.05) is 0 Å². The Kier molecular flexibility index (Phi) is 4.47. The zero-order valence-electron chi connectivity index (χ0n) is 15.8. The Morgan fingerprint density at radius 3 is 2.37 bits per heavy atom. The highest BCUT2D eigenvalue weighted by Gasteiger charge is 2.31. The summed E-state index contributed by atoms with van der Waals surface area (Å²) in [4.78, 5) is 8.25. The molecule has 0 radical (unpaired) electrons. The number of halogens is 3. The summed E-state index contributed by atoms with van der Waals surface area (Å²) >= 11 is 0. The van der Waals surface area contributed by atoms with Gasteiger partial charge in [0.1, 0.15) is 5.82 Å². The summed E-state index contributed by atoms with van der Waals surface area (Å²) in [6, 6.07) is 6.55. The molecule has 0 bridgehead atoms. The summed E-state index contributed by atoms with van der Waals surface area (Å²) in [5.41, 5.74) is 1.56. The van der Waals surface area contributed by atoms with Gasteiger partial charge in [0, 0.05) is 36.1 Å². The monoisotopic (exact) mass is 435 g/mol. The number of pyridine rings is 1. The van der Waals surface area contributed by atoms with E-state index in [4.69, 9.17) is 5.14 Å². The third-order valence-corrected chi connectivity index (χ3v) is 5.68. The van der Waals surface area contributed by atoms with Crippen molar-refractivity contribution in [2.24, 2.45) is 12.2 Å². The van der Waals surface area contributed by atoms with Gasteiger partial charge in [0.05, 0.1) is 28.0 Å². The highest BCUT2D eigenvalue weighted by Crippen LogP contribution is 2.37. The lowest BCUT2D eigenvalue weighted by molar-refractivity contribution is -0.137. The van der Waals surface area contributed by atoms with Gasteiger partial charge in [-0.05, 0) is 37.3 Å². The molecule has 11 heteroatoms. The molecule has 0 atom stereocenters. The standard InChI is InChI=1S/C19H16F3N5O2S/c1-11-18(15-9-26(2)10-25-15)14-7-13(30(23,28)29)4-5-16(14)27(11)17-6-3-12(8-24-17)19(20,21)22/h3-10H,1-2H3,(H2,23,28,29). The summed E-state index contributed by atoms with van der Waals surface area (Å²) in [5, 5.41) is 5.82. The number of hydrogen-bond donors (Lipinski definition) is 1. The molecule has 0 saturated carbocycles. The Labute approximate surface area is 169 Å². The third kappa shape index (κ3) is 3.35. The van der Waals surface area contributed by atoms with Crippen molar-refractivity contribution in [2.75, 3.05) is 0 Å². The van der Waals surface area contributed by atoms with Crippen molar-refractivity contribution in [1.82, 2.24) is 19.1 Å². The minimum Gasteiger partial charge on any atom is -0.340 e. The van der Waals surface area contributed by atoms with Gasteiger partial charge in [-0.3, -0.25) is 4.57 Å². The average molecular weight is 435 g/mol. The number of primary sulfonamides is 1. The quantitative estimate of drug-likeness (QED) is 0.534. The number of hydrogen-bond acceptors (Lipinski definition) is 4. The molecule has 0 unspecified atom stereocenters. The number of aryl methyl sites for hydroxylation is 1. The smallest absolute Gasteiger partial charge is 0.340 e. The number of nitrogens with zero attached hydrogens (tertiary/aromatic N) is 4. The van der Waals surface area contributed by atoms with Crippen LogP contribution >= 0.6 is 0 Å². The van der Waals surface area contributed by atoms with Crippen LogP contribution in [0, 0.1) is 6.92 Å². The number of benzene rings is 1. The number of fused-ring (bicyclic) bond motifs is 1. The summed E-state index contributed by atoms with van der Waals surface area (Å²) in [7, 11) is -2.16. The van der Waals surface area contributed by atoms with E-state index in [0.717, 1.165) is 12.3 Å². The van der Waals surface area contributed by atoms with Crippen LogP contribution in [0.25, 0.3) is 28.0 Å². The van der Waals surface area contributed by atoms with Gasteiger partial charge >= 0.3 is 6.18 Å². The molecule has 0 spiro atoms. The van der Waals surface area contributed by atoms with Crippen molar-refractivity contribution in [3.05, 3.63) is 60.3 Å². The van der Waals surface area contributed by atoms with Crippen LogP contribution in [0.1, 0.15) is 11.3 Å². The van der Waals surface area contributed by atoms with Gasteiger partial charge in [-0.2, -0.15) is 13.2 Å². The average Bonchev–Trinajstić information content (AvgIpc) is 3.19. The molecular weight excluding hydrogens is 419 g/mol. The molecule has 156 valence electrons. The second kappa shape index (κ2) is 6.67. The number of imidazole rings is 1. The Morgan fingerprint density at radius 1 is 1.10 bits per heavy atom. The molecule has 0 aliphatic heterocycles. The van der Waals surface area contributed by atoms with Crippen molar-refractivity contribution in [2.45, 2.75) is 18.0 Å². The molecule has 30 heavy (non-hydrogen) atoms. The Hall–Kier alpha value is -3.18. The van der Waals surface area contributed by atoms with E-state index < -0.39 is 21.8 Å². The van der Waals surface area contributed by atoms with E-state index in [1.54, 1.807) is 41.7 Å². The van der Waals surface area contributed by atoms with Crippen LogP contribution in [0.4, 0.5) is 13.2 Å². The zero-order valence-corrected chi connectivity index (χ0v) is 16.7. The first-order chi connectivity index (χ1) is 14.0. The fourth-order valence-electron chi connectivity index (χ4n) is 3.42. The maximum absolute atomic E-state index is 12.9. The first-order valence-corrected chi connectivity index (χ1v) is 10.2. The maximum atomic E-state index is 12.9. The molecule has 0 saturated heterocycles. The normalized spacial score (nSPS) is 12.6. The van der Waals surface area contributed by atoms with Gasteiger partial charge in [0.2, 0.25) is 10.0 Å². The molecule has 4 rings (SSSR count). The predicted molar refractivity (Wildman–Crippen MR) is 104 cm³/mol. The lowest BCUT2D eigenvalue weighted by Crippen LogP contribution is -2.11. The van der Waals surface area contributed by atoms with Gasteiger partial charge in [0.25, 0.3) is 0 Å². The van der Waals surface area contributed by atoms with E-state index in [0.29, 0.717) is 27.9 Å².